The summed E-state index contributed by atoms with van der Waals surface area (Å²) in [6.45, 7) is 1.52. The van der Waals surface area contributed by atoms with Crippen LogP contribution in [0.2, 0.25) is 0 Å². The summed E-state index contributed by atoms with van der Waals surface area (Å²) in [7, 11) is 0. The molecule has 1 spiro atoms. The molecule has 0 aromatic carbocycles. The maximum Gasteiger partial charge on any atom is 0.417 e. The van der Waals surface area contributed by atoms with E-state index in [1.807, 2.05) is 0 Å². The molecule has 1 unspecified atom stereocenters. The lowest BCUT2D eigenvalue weighted by Crippen LogP contribution is -2.46. The molecular formula is C14H15F3N4O2. The first-order valence-electron chi connectivity index (χ1n) is 7.18. The number of carbonyl (C=O) groups excluding carboxylic acids is 1. The molecule has 0 bridgehead atoms. The lowest BCUT2D eigenvalue weighted by atomic mass is 9.89. The van der Waals surface area contributed by atoms with Crippen LogP contribution in [0.1, 0.15) is 24.8 Å². The third-order valence-corrected chi connectivity index (χ3v) is 3.87. The average molecular weight is 328 g/mol. The van der Waals surface area contributed by atoms with Crippen molar-refractivity contribution < 1.29 is 22.8 Å². The van der Waals surface area contributed by atoms with E-state index in [0.717, 1.165) is 31.5 Å². The van der Waals surface area contributed by atoms with Gasteiger partial charge in [-0.2, -0.15) is 13.2 Å². The van der Waals surface area contributed by atoms with E-state index in [2.05, 4.69) is 20.8 Å². The summed E-state index contributed by atoms with van der Waals surface area (Å²) in [5.74, 6) is -0.479. The Bertz CT molecular complexity index is 622. The summed E-state index contributed by atoms with van der Waals surface area (Å²) >= 11 is 0. The standard InChI is InChI=1S/C14H15F3N4O2/c15-14(16,17)9-2-3-11(19-7-9)20-12(22)10-6-13(23-21-10)4-1-5-18-8-13/h2-3,7,18H,1,4-6,8H2,(H,19,20,22). The second-order valence-corrected chi connectivity index (χ2v) is 5.65. The number of halogens is 3. The topological polar surface area (TPSA) is 75.6 Å². The summed E-state index contributed by atoms with van der Waals surface area (Å²) in [6, 6.07) is 1.97. The number of piperidine rings is 1. The first-order valence-corrected chi connectivity index (χ1v) is 7.18. The average Bonchev–Trinajstić information content (AvgIpc) is 2.91. The second-order valence-electron chi connectivity index (χ2n) is 5.65. The second kappa shape index (κ2) is 5.80. The van der Waals surface area contributed by atoms with Gasteiger partial charge in [-0.15, -0.1) is 0 Å². The highest BCUT2D eigenvalue weighted by atomic mass is 19.4. The van der Waals surface area contributed by atoms with Crippen molar-refractivity contribution in [3.8, 4) is 0 Å². The molecular weight excluding hydrogens is 313 g/mol. The number of alkyl halides is 3. The fourth-order valence-electron chi connectivity index (χ4n) is 2.64. The molecule has 124 valence electrons. The van der Waals surface area contributed by atoms with Gasteiger partial charge in [-0.25, -0.2) is 4.98 Å². The zero-order valence-electron chi connectivity index (χ0n) is 12.1. The van der Waals surface area contributed by atoms with Crippen molar-refractivity contribution in [1.82, 2.24) is 10.3 Å². The van der Waals surface area contributed by atoms with Gasteiger partial charge in [0.1, 0.15) is 11.5 Å². The van der Waals surface area contributed by atoms with Gasteiger partial charge >= 0.3 is 6.18 Å². The quantitative estimate of drug-likeness (QED) is 0.870. The van der Waals surface area contributed by atoms with Crippen LogP contribution in [-0.4, -0.2) is 35.3 Å². The number of amides is 1. The monoisotopic (exact) mass is 328 g/mol. The SMILES string of the molecule is O=C(Nc1ccc(C(F)(F)F)cn1)C1=NOC2(CCCNC2)C1. The molecule has 1 fully saturated rings. The van der Waals surface area contributed by atoms with Gasteiger partial charge in [-0.1, -0.05) is 5.16 Å². The summed E-state index contributed by atoms with van der Waals surface area (Å²) in [5, 5.41) is 9.46. The van der Waals surface area contributed by atoms with Crippen LogP contribution in [0.5, 0.6) is 0 Å². The van der Waals surface area contributed by atoms with Gasteiger partial charge in [0.05, 0.1) is 5.56 Å². The molecule has 1 amide bonds. The smallest absolute Gasteiger partial charge is 0.387 e. The molecule has 3 rings (SSSR count). The number of carbonyl (C=O) groups is 1. The van der Waals surface area contributed by atoms with Crippen molar-refractivity contribution in [2.45, 2.75) is 31.0 Å². The van der Waals surface area contributed by atoms with Crippen molar-refractivity contribution in [2.24, 2.45) is 5.16 Å². The van der Waals surface area contributed by atoms with Gasteiger partial charge in [0.2, 0.25) is 0 Å². The number of nitrogens with one attached hydrogen (secondary N) is 2. The zero-order chi connectivity index (χ0) is 16.5. The highest BCUT2D eigenvalue weighted by Gasteiger charge is 2.42. The molecule has 2 N–H and O–H groups in total. The number of rotatable bonds is 2. The van der Waals surface area contributed by atoms with Gasteiger partial charge < -0.3 is 15.5 Å². The Hall–Kier alpha value is -2.16. The first-order chi connectivity index (χ1) is 10.9. The van der Waals surface area contributed by atoms with E-state index in [9.17, 15) is 18.0 Å². The van der Waals surface area contributed by atoms with E-state index in [0.29, 0.717) is 19.2 Å². The third-order valence-electron chi connectivity index (χ3n) is 3.87. The number of hydrogen-bond acceptors (Lipinski definition) is 5. The van der Waals surface area contributed by atoms with Crippen LogP contribution in [0.4, 0.5) is 19.0 Å². The maximum atomic E-state index is 12.5. The predicted molar refractivity (Wildman–Crippen MR) is 75.8 cm³/mol. The molecule has 1 saturated heterocycles. The van der Waals surface area contributed by atoms with Gasteiger partial charge in [0, 0.05) is 19.2 Å². The molecule has 1 aromatic rings. The molecule has 6 nitrogen and oxygen atoms in total. The van der Waals surface area contributed by atoms with Crippen molar-refractivity contribution >= 4 is 17.4 Å². The van der Waals surface area contributed by atoms with Crippen LogP contribution in [0, 0.1) is 0 Å². The number of hydrogen-bond donors (Lipinski definition) is 2. The van der Waals surface area contributed by atoms with Gasteiger partial charge in [-0.05, 0) is 31.5 Å². The lowest BCUT2D eigenvalue weighted by Gasteiger charge is -2.30. The van der Waals surface area contributed by atoms with Crippen LogP contribution in [0.25, 0.3) is 0 Å². The normalized spacial score (nSPS) is 24.2. The molecule has 0 aliphatic carbocycles. The number of nitrogens with zero attached hydrogens (tertiary/aromatic N) is 2. The van der Waals surface area contributed by atoms with Gasteiger partial charge in [-0.3, -0.25) is 4.79 Å². The van der Waals surface area contributed by atoms with E-state index in [4.69, 9.17) is 4.84 Å². The Labute approximate surface area is 130 Å². The lowest BCUT2D eigenvalue weighted by molar-refractivity contribution is -0.137. The van der Waals surface area contributed by atoms with Gasteiger partial charge in [0.25, 0.3) is 5.91 Å². The number of anilines is 1. The fraction of sp³-hybridized carbons (Fsp3) is 0.500. The largest absolute Gasteiger partial charge is 0.417 e. The molecule has 2 aliphatic heterocycles. The summed E-state index contributed by atoms with van der Waals surface area (Å²) in [5.41, 5.74) is -1.14. The van der Waals surface area contributed by atoms with Crippen LogP contribution in [-0.2, 0) is 15.8 Å². The Morgan fingerprint density at radius 1 is 1.39 bits per heavy atom. The molecule has 1 aromatic heterocycles. The minimum absolute atomic E-state index is 0.0356. The number of aromatic nitrogens is 1. The maximum absolute atomic E-state index is 12.5. The van der Waals surface area contributed by atoms with E-state index in [1.165, 1.54) is 0 Å². The molecule has 3 heterocycles. The number of oxime groups is 1. The highest BCUT2D eigenvalue weighted by molar-refractivity contribution is 6.43. The van der Waals surface area contributed by atoms with Crippen LogP contribution in [0.3, 0.4) is 0 Å². The van der Waals surface area contributed by atoms with Crippen molar-refractivity contribution in [1.29, 1.82) is 0 Å². The van der Waals surface area contributed by atoms with E-state index < -0.39 is 23.2 Å². The minimum Gasteiger partial charge on any atom is -0.387 e. The van der Waals surface area contributed by atoms with E-state index in [-0.39, 0.29) is 11.5 Å². The molecule has 23 heavy (non-hydrogen) atoms. The Morgan fingerprint density at radius 2 is 2.22 bits per heavy atom. The molecule has 9 heteroatoms. The molecule has 1 atom stereocenters. The fourth-order valence-corrected chi connectivity index (χ4v) is 2.64. The van der Waals surface area contributed by atoms with Crippen LogP contribution >= 0.6 is 0 Å². The summed E-state index contributed by atoms with van der Waals surface area (Å²) < 4.78 is 37.4. The molecule has 0 radical (unpaired) electrons. The Morgan fingerprint density at radius 3 is 2.83 bits per heavy atom. The van der Waals surface area contributed by atoms with Crippen molar-refractivity contribution in [3.05, 3.63) is 23.9 Å². The Kier molecular flexibility index (Phi) is 3.97. The van der Waals surface area contributed by atoms with Crippen molar-refractivity contribution in [3.63, 3.8) is 0 Å². The van der Waals surface area contributed by atoms with Crippen LogP contribution in [0.15, 0.2) is 23.5 Å². The minimum atomic E-state index is -4.46. The third kappa shape index (κ3) is 3.44. The Balaban J connectivity index is 1.61. The molecule has 0 saturated carbocycles. The van der Waals surface area contributed by atoms with E-state index >= 15 is 0 Å². The number of pyridine rings is 1. The first kappa shape index (κ1) is 15.7. The van der Waals surface area contributed by atoms with Gasteiger partial charge in [0.15, 0.2) is 5.60 Å². The van der Waals surface area contributed by atoms with Crippen LogP contribution < -0.4 is 10.6 Å². The predicted octanol–water partition coefficient (Wildman–Crippen LogP) is 1.94. The highest BCUT2D eigenvalue weighted by Crippen LogP contribution is 2.31. The molecule has 2 aliphatic rings. The van der Waals surface area contributed by atoms with E-state index in [1.54, 1.807) is 0 Å². The summed E-state index contributed by atoms with van der Waals surface area (Å²) in [6.07, 6.45) is -1.68. The van der Waals surface area contributed by atoms with Crippen molar-refractivity contribution in [2.75, 3.05) is 18.4 Å². The zero-order valence-corrected chi connectivity index (χ0v) is 12.1. The summed E-state index contributed by atoms with van der Waals surface area (Å²) in [4.78, 5) is 21.1.